The highest BCUT2D eigenvalue weighted by atomic mass is 16.4. The summed E-state index contributed by atoms with van der Waals surface area (Å²) in [5.41, 5.74) is 0. The maximum atomic E-state index is 11.8. The van der Waals surface area contributed by atoms with Gasteiger partial charge in [0.05, 0.1) is 12.0 Å². The zero-order valence-corrected chi connectivity index (χ0v) is 8.61. The summed E-state index contributed by atoms with van der Waals surface area (Å²) in [5.74, 6) is -1.07. The fourth-order valence-corrected chi connectivity index (χ4v) is 2.10. The molecule has 0 bridgehead atoms. The van der Waals surface area contributed by atoms with E-state index in [9.17, 15) is 9.59 Å². The molecule has 5 nitrogen and oxygen atoms in total. The topological polar surface area (TPSA) is 69.6 Å². The number of piperidine rings is 1. The van der Waals surface area contributed by atoms with E-state index in [1.807, 2.05) is 0 Å². The molecule has 2 N–H and O–H groups in total. The minimum absolute atomic E-state index is 0.0755. The van der Waals surface area contributed by atoms with Crippen molar-refractivity contribution in [3.63, 3.8) is 0 Å². The van der Waals surface area contributed by atoms with E-state index in [0.717, 1.165) is 25.8 Å². The zero-order chi connectivity index (χ0) is 10.8. The number of likely N-dealkylation sites (tertiary alicyclic amines) is 1. The van der Waals surface area contributed by atoms with E-state index >= 15 is 0 Å². The SMILES string of the molecule is O=C(O)C1CN(C(=O)C2CCCCN2)C1. The van der Waals surface area contributed by atoms with Crippen LogP contribution in [0.1, 0.15) is 19.3 Å². The van der Waals surface area contributed by atoms with Gasteiger partial charge in [-0.3, -0.25) is 9.59 Å². The molecule has 0 aliphatic carbocycles. The van der Waals surface area contributed by atoms with Gasteiger partial charge in [0.15, 0.2) is 0 Å². The predicted molar refractivity (Wildman–Crippen MR) is 53.3 cm³/mol. The van der Waals surface area contributed by atoms with Crippen LogP contribution >= 0.6 is 0 Å². The minimum Gasteiger partial charge on any atom is -0.481 e. The van der Waals surface area contributed by atoms with Crippen molar-refractivity contribution in [2.45, 2.75) is 25.3 Å². The van der Waals surface area contributed by atoms with Crippen LogP contribution in [0.2, 0.25) is 0 Å². The number of hydrogen-bond donors (Lipinski definition) is 2. The summed E-state index contributed by atoms with van der Waals surface area (Å²) in [7, 11) is 0. The Kier molecular flexibility index (Phi) is 2.90. The molecule has 0 radical (unpaired) electrons. The molecule has 2 saturated heterocycles. The largest absolute Gasteiger partial charge is 0.481 e. The third-order valence-electron chi connectivity index (χ3n) is 3.15. The second-order valence-corrected chi connectivity index (χ2v) is 4.28. The Hall–Kier alpha value is -1.10. The first-order valence-corrected chi connectivity index (χ1v) is 5.43. The molecule has 2 fully saturated rings. The summed E-state index contributed by atoms with van der Waals surface area (Å²) < 4.78 is 0. The molecule has 0 aromatic rings. The summed E-state index contributed by atoms with van der Waals surface area (Å²) in [6.07, 6.45) is 3.09. The molecule has 84 valence electrons. The smallest absolute Gasteiger partial charge is 0.310 e. The minimum atomic E-state index is -0.796. The van der Waals surface area contributed by atoms with Crippen molar-refractivity contribution in [3.05, 3.63) is 0 Å². The molecule has 0 aromatic heterocycles. The van der Waals surface area contributed by atoms with E-state index in [4.69, 9.17) is 5.11 Å². The lowest BCUT2D eigenvalue weighted by atomic mass is 9.97. The van der Waals surface area contributed by atoms with Crippen LogP contribution in [0.15, 0.2) is 0 Å². The molecule has 2 heterocycles. The van der Waals surface area contributed by atoms with Gasteiger partial charge in [-0.15, -0.1) is 0 Å². The lowest BCUT2D eigenvalue weighted by Crippen LogP contribution is -2.58. The summed E-state index contributed by atoms with van der Waals surface area (Å²) in [4.78, 5) is 24.0. The first-order valence-electron chi connectivity index (χ1n) is 5.43. The highest BCUT2D eigenvalue weighted by molar-refractivity contribution is 5.85. The summed E-state index contributed by atoms with van der Waals surface area (Å²) in [5, 5.41) is 11.9. The van der Waals surface area contributed by atoms with Crippen LogP contribution in [-0.4, -0.2) is 47.6 Å². The average molecular weight is 212 g/mol. The van der Waals surface area contributed by atoms with Gasteiger partial charge in [0.25, 0.3) is 0 Å². The lowest BCUT2D eigenvalue weighted by Gasteiger charge is -2.39. The van der Waals surface area contributed by atoms with Gasteiger partial charge in [-0.25, -0.2) is 0 Å². The molecule has 15 heavy (non-hydrogen) atoms. The van der Waals surface area contributed by atoms with Gasteiger partial charge in [0, 0.05) is 13.1 Å². The van der Waals surface area contributed by atoms with Crippen molar-refractivity contribution in [3.8, 4) is 0 Å². The number of nitrogens with one attached hydrogen (secondary N) is 1. The molecule has 0 aromatic carbocycles. The van der Waals surface area contributed by atoms with Gasteiger partial charge in [0.1, 0.15) is 0 Å². The molecule has 5 heteroatoms. The van der Waals surface area contributed by atoms with Crippen molar-refractivity contribution >= 4 is 11.9 Å². The van der Waals surface area contributed by atoms with E-state index in [-0.39, 0.29) is 17.9 Å². The zero-order valence-electron chi connectivity index (χ0n) is 8.61. The summed E-state index contributed by atoms with van der Waals surface area (Å²) in [6, 6.07) is -0.0755. The maximum absolute atomic E-state index is 11.8. The normalized spacial score (nSPS) is 27.2. The second-order valence-electron chi connectivity index (χ2n) is 4.28. The Balaban J connectivity index is 1.80. The molecule has 2 aliphatic heterocycles. The van der Waals surface area contributed by atoms with Gasteiger partial charge in [-0.05, 0) is 19.4 Å². The number of carboxylic acids is 1. The quantitative estimate of drug-likeness (QED) is 0.657. The number of aliphatic carboxylic acids is 1. The van der Waals surface area contributed by atoms with Gasteiger partial charge in [-0.2, -0.15) is 0 Å². The fourth-order valence-electron chi connectivity index (χ4n) is 2.10. The highest BCUT2D eigenvalue weighted by Gasteiger charge is 2.38. The van der Waals surface area contributed by atoms with E-state index in [2.05, 4.69) is 5.32 Å². The van der Waals surface area contributed by atoms with Crippen LogP contribution in [0.4, 0.5) is 0 Å². The first-order chi connectivity index (χ1) is 7.18. The number of carbonyl (C=O) groups excluding carboxylic acids is 1. The molecular formula is C10H16N2O3. The van der Waals surface area contributed by atoms with Crippen LogP contribution in [0.5, 0.6) is 0 Å². The van der Waals surface area contributed by atoms with Gasteiger partial charge in [0.2, 0.25) is 5.91 Å². The van der Waals surface area contributed by atoms with Gasteiger partial charge in [-0.1, -0.05) is 6.42 Å². The Bertz CT molecular complexity index is 268. The van der Waals surface area contributed by atoms with Crippen molar-refractivity contribution in [2.75, 3.05) is 19.6 Å². The molecule has 0 saturated carbocycles. The van der Waals surface area contributed by atoms with Crippen LogP contribution in [0, 0.1) is 5.92 Å². The van der Waals surface area contributed by atoms with Crippen molar-refractivity contribution in [2.24, 2.45) is 5.92 Å². The number of carboxylic acid groups (broad SMARTS) is 1. The Morgan fingerprint density at radius 3 is 2.53 bits per heavy atom. The summed E-state index contributed by atoms with van der Waals surface area (Å²) >= 11 is 0. The molecular weight excluding hydrogens is 196 g/mol. The van der Waals surface area contributed by atoms with Crippen molar-refractivity contribution in [1.29, 1.82) is 0 Å². The van der Waals surface area contributed by atoms with E-state index < -0.39 is 5.97 Å². The lowest BCUT2D eigenvalue weighted by molar-refractivity contribution is -0.153. The fraction of sp³-hybridized carbons (Fsp3) is 0.800. The standard InChI is InChI=1S/C10H16N2O3/c13-9(8-3-1-2-4-11-8)12-5-7(6-12)10(14)15/h7-8,11H,1-6H2,(H,14,15). The van der Waals surface area contributed by atoms with E-state index in [1.54, 1.807) is 4.90 Å². The molecule has 1 atom stereocenters. The Morgan fingerprint density at radius 1 is 1.27 bits per heavy atom. The van der Waals surface area contributed by atoms with E-state index in [0.29, 0.717) is 13.1 Å². The predicted octanol–water partition coefficient (Wildman–Crippen LogP) is -0.329. The van der Waals surface area contributed by atoms with Gasteiger partial charge >= 0.3 is 5.97 Å². The Labute approximate surface area is 88.4 Å². The summed E-state index contributed by atoms with van der Waals surface area (Å²) in [6.45, 7) is 1.66. The monoisotopic (exact) mass is 212 g/mol. The Morgan fingerprint density at radius 2 is 2.00 bits per heavy atom. The number of carbonyl (C=O) groups is 2. The first kappa shape index (κ1) is 10.4. The molecule has 2 rings (SSSR count). The molecule has 1 unspecified atom stereocenters. The van der Waals surface area contributed by atoms with Crippen LogP contribution in [-0.2, 0) is 9.59 Å². The third-order valence-corrected chi connectivity index (χ3v) is 3.15. The molecule has 2 aliphatic rings. The highest BCUT2D eigenvalue weighted by Crippen LogP contribution is 2.19. The van der Waals surface area contributed by atoms with E-state index in [1.165, 1.54) is 0 Å². The number of rotatable bonds is 2. The van der Waals surface area contributed by atoms with Crippen molar-refractivity contribution < 1.29 is 14.7 Å². The van der Waals surface area contributed by atoms with Crippen LogP contribution in [0.25, 0.3) is 0 Å². The van der Waals surface area contributed by atoms with Gasteiger partial charge < -0.3 is 15.3 Å². The second kappa shape index (κ2) is 4.18. The number of nitrogens with zero attached hydrogens (tertiary/aromatic N) is 1. The number of amides is 1. The van der Waals surface area contributed by atoms with Crippen molar-refractivity contribution in [1.82, 2.24) is 10.2 Å². The number of hydrogen-bond acceptors (Lipinski definition) is 3. The van der Waals surface area contributed by atoms with Crippen LogP contribution in [0.3, 0.4) is 0 Å². The van der Waals surface area contributed by atoms with Crippen LogP contribution < -0.4 is 5.32 Å². The average Bonchev–Trinajstić information content (AvgIpc) is 2.16. The molecule has 0 spiro atoms. The maximum Gasteiger partial charge on any atom is 0.310 e. The molecule has 1 amide bonds. The third kappa shape index (κ3) is 2.12.